The highest BCUT2D eigenvalue weighted by molar-refractivity contribution is 7.07. The molecule has 0 saturated carbocycles. The van der Waals surface area contributed by atoms with Gasteiger partial charge in [-0.3, -0.25) is 0 Å². The van der Waals surface area contributed by atoms with Crippen LogP contribution >= 0.6 is 11.3 Å². The maximum absolute atomic E-state index is 11.2. The summed E-state index contributed by atoms with van der Waals surface area (Å²) in [6.07, 6.45) is 0.816. The third-order valence-electron chi connectivity index (χ3n) is 2.40. The molecule has 5 heteroatoms. The monoisotopic (exact) mass is 255 g/mol. The van der Waals surface area contributed by atoms with Gasteiger partial charge in [-0.05, 0) is 41.7 Å². The number of carbonyl (C=O) groups is 2. The Bertz CT molecular complexity index is 362. The highest BCUT2D eigenvalue weighted by Gasteiger charge is 2.14. The molecule has 1 amide bonds. The molecule has 0 aliphatic rings. The van der Waals surface area contributed by atoms with Crippen LogP contribution < -0.4 is 5.32 Å². The van der Waals surface area contributed by atoms with Crippen LogP contribution in [0.2, 0.25) is 0 Å². The molecule has 1 aromatic heterocycles. The predicted molar refractivity (Wildman–Crippen MR) is 67.2 cm³/mol. The van der Waals surface area contributed by atoms with E-state index in [4.69, 9.17) is 0 Å². The SMILES string of the molecule is COC(=O)NCC(CC(C)=O)Cc1ccsc1. The molecule has 0 aromatic carbocycles. The Hall–Kier alpha value is -1.36. The van der Waals surface area contributed by atoms with E-state index in [0.29, 0.717) is 13.0 Å². The second-order valence-electron chi connectivity index (χ2n) is 3.98. The number of rotatable bonds is 6. The minimum atomic E-state index is -0.455. The van der Waals surface area contributed by atoms with Gasteiger partial charge in [0.15, 0.2) is 0 Å². The van der Waals surface area contributed by atoms with Crippen molar-refractivity contribution in [2.45, 2.75) is 19.8 Å². The number of Topliss-reactive ketones (excluding diaryl/α,β-unsaturated/α-hetero) is 1. The van der Waals surface area contributed by atoms with Gasteiger partial charge < -0.3 is 14.8 Å². The second kappa shape index (κ2) is 7.06. The lowest BCUT2D eigenvalue weighted by atomic mass is 9.96. The van der Waals surface area contributed by atoms with Crippen LogP contribution in [0, 0.1) is 5.92 Å². The first-order valence-corrected chi connectivity index (χ1v) is 6.38. The van der Waals surface area contributed by atoms with Crippen molar-refractivity contribution in [3.05, 3.63) is 22.4 Å². The normalized spacial score (nSPS) is 11.9. The third-order valence-corrected chi connectivity index (χ3v) is 3.13. The van der Waals surface area contributed by atoms with Gasteiger partial charge in [0, 0.05) is 13.0 Å². The fraction of sp³-hybridized carbons (Fsp3) is 0.500. The molecule has 0 bridgehead atoms. The summed E-state index contributed by atoms with van der Waals surface area (Å²) in [6, 6.07) is 2.04. The van der Waals surface area contributed by atoms with E-state index in [1.807, 2.05) is 11.4 Å². The summed E-state index contributed by atoms with van der Waals surface area (Å²) in [5, 5.41) is 6.71. The lowest BCUT2D eigenvalue weighted by molar-refractivity contribution is -0.117. The van der Waals surface area contributed by atoms with Crippen LogP contribution in [-0.4, -0.2) is 25.5 Å². The average molecular weight is 255 g/mol. The molecule has 94 valence electrons. The van der Waals surface area contributed by atoms with Crippen molar-refractivity contribution in [1.29, 1.82) is 0 Å². The van der Waals surface area contributed by atoms with E-state index in [-0.39, 0.29) is 11.7 Å². The molecule has 1 N–H and O–H groups in total. The summed E-state index contributed by atoms with van der Waals surface area (Å²) in [4.78, 5) is 22.1. The minimum Gasteiger partial charge on any atom is -0.453 e. The van der Waals surface area contributed by atoms with Crippen molar-refractivity contribution >= 4 is 23.2 Å². The average Bonchev–Trinajstić information content (AvgIpc) is 2.77. The fourth-order valence-corrected chi connectivity index (χ4v) is 2.35. The van der Waals surface area contributed by atoms with Gasteiger partial charge in [0.1, 0.15) is 5.78 Å². The van der Waals surface area contributed by atoms with Crippen LogP contribution in [0.25, 0.3) is 0 Å². The van der Waals surface area contributed by atoms with Crippen LogP contribution in [0.5, 0.6) is 0 Å². The minimum absolute atomic E-state index is 0.126. The largest absolute Gasteiger partial charge is 0.453 e. The van der Waals surface area contributed by atoms with Crippen LogP contribution in [-0.2, 0) is 16.0 Å². The second-order valence-corrected chi connectivity index (χ2v) is 4.76. The van der Waals surface area contributed by atoms with Gasteiger partial charge in [-0.25, -0.2) is 4.79 Å². The molecule has 4 nitrogen and oxygen atoms in total. The van der Waals surface area contributed by atoms with Gasteiger partial charge in [0.2, 0.25) is 0 Å². The standard InChI is InChI=1S/C12H17NO3S/c1-9(14)5-11(7-13-12(15)16-2)6-10-3-4-17-8-10/h3-4,8,11H,5-7H2,1-2H3,(H,13,15). The molecular weight excluding hydrogens is 238 g/mol. The first-order chi connectivity index (χ1) is 8.11. The van der Waals surface area contributed by atoms with Crippen LogP contribution in [0.4, 0.5) is 4.79 Å². The smallest absolute Gasteiger partial charge is 0.406 e. The molecule has 0 spiro atoms. The molecule has 1 unspecified atom stereocenters. The Morgan fingerprint density at radius 1 is 1.53 bits per heavy atom. The van der Waals surface area contributed by atoms with Crippen molar-refractivity contribution < 1.29 is 14.3 Å². The van der Waals surface area contributed by atoms with Crippen LogP contribution in [0.3, 0.4) is 0 Å². The van der Waals surface area contributed by atoms with Gasteiger partial charge >= 0.3 is 6.09 Å². The molecule has 0 saturated heterocycles. The maximum atomic E-state index is 11.2. The Morgan fingerprint density at radius 2 is 2.29 bits per heavy atom. The first kappa shape index (κ1) is 13.7. The number of amides is 1. The molecule has 1 aromatic rings. The highest BCUT2D eigenvalue weighted by Crippen LogP contribution is 2.15. The molecule has 0 fully saturated rings. The molecule has 1 rings (SSSR count). The van der Waals surface area contributed by atoms with Crippen molar-refractivity contribution in [3.63, 3.8) is 0 Å². The summed E-state index contributed by atoms with van der Waals surface area (Å²) in [6.45, 7) is 2.03. The predicted octanol–water partition coefficient (Wildman–Crippen LogP) is 2.24. The highest BCUT2D eigenvalue weighted by atomic mass is 32.1. The van der Waals surface area contributed by atoms with Crippen molar-refractivity contribution in [1.82, 2.24) is 5.32 Å². The number of carbonyl (C=O) groups excluding carboxylic acids is 2. The van der Waals surface area contributed by atoms with Crippen LogP contribution in [0.15, 0.2) is 16.8 Å². The van der Waals surface area contributed by atoms with Gasteiger partial charge in [0.05, 0.1) is 7.11 Å². The number of ketones is 1. The zero-order chi connectivity index (χ0) is 12.7. The van der Waals surface area contributed by atoms with E-state index >= 15 is 0 Å². The molecule has 1 heterocycles. The van der Waals surface area contributed by atoms with Gasteiger partial charge in [-0.15, -0.1) is 0 Å². The molecular formula is C12H17NO3S. The molecule has 17 heavy (non-hydrogen) atoms. The summed E-state index contributed by atoms with van der Waals surface area (Å²) in [7, 11) is 1.33. The van der Waals surface area contributed by atoms with Crippen molar-refractivity contribution in [3.8, 4) is 0 Å². The Labute approximate surface area is 105 Å². The van der Waals surface area contributed by atoms with Gasteiger partial charge in [-0.2, -0.15) is 11.3 Å². The summed E-state index contributed by atoms with van der Waals surface area (Å²) in [5.41, 5.74) is 1.20. The Morgan fingerprint density at radius 3 is 2.82 bits per heavy atom. The molecule has 1 atom stereocenters. The first-order valence-electron chi connectivity index (χ1n) is 5.44. The van der Waals surface area contributed by atoms with E-state index in [1.54, 1.807) is 18.3 Å². The van der Waals surface area contributed by atoms with E-state index < -0.39 is 6.09 Å². The number of ether oxygens (including phenoxy) is 1. The van der Waals surface area contributed by atoms with E-state index in [2.05, 4.69) is 15.4 Å². The van der Waals surface area contributed by atoms with Gasteiger partial charge in [0.25, 0.3) is 0 Å². The lowest BCUT2D eigenvalue weighted by Gasteiger charge is -2.15. The van der Waals surface area contributed by atoms with Gasteiger partial charge in [-0.1, -0.05) is 0 Å². The topological polar surface area (TPSA) is 55.4 Å². The lowest BCUT2D eigenvalue weighted by Crippen LogP contribution is -2.30. The van der Waals surface area contributed by atoms with E-state index in [1.165, 1.54) is 12.7 Å². The van der Waals surface area contributed by atoms with Crippen molar-refractivity contribution in [2.24, 2.45) is 5.92 Å². The molecule has 0 aliphatic carbocycles. The number of alkyl carbamates (subject to hydrolysis) is 1. The Balaban J connectivity index is 2.48. The number of thiophene rings is 1. The summed E-state index contributed by atoms with van der Waals surface area (Å²) >= 11 is 1.63. The number of nitrogens with one attached hydrogen (secondary N) is 1. The fourth-order valence-electron chi connectivity index (χ4n) is 1.67. The number of hydrogen-bond acceptors (Lipinski definition) is 4. The molecule has 0 aliphatic heterocycles. The maximum Gasteiger partial charge on any atom is 0.406 e. The number of hydrogen-bond donors (Lipinski definition) is 1. The summed E-state index contributed by atoms with van der Waals surface area (Å²) < 4.78 is 4.51. The van der Waals surface area contributed by atoms with E-state index in [9.17, 15) is 9.59 Å². The Kier molecular flexibility index (Phi) is 5.69. The van der Waals surface area contributed by atoms with E-state index in [0.717, 1.165) is 6.42 Å². The third kappa shape index (κ3) is 5.49. The summed E-state index contributed by atoms with van der Waals surface area (Å²) in [5.74, 6) is 0.262. The zero-order valence-corrected chi connectivity index (χ0v) is 10.9. The molecule has 0 radical (unpaired) electrons. The number of methoxy groups -OCH3 is 1. The quantitative estimate of drug-likeness (QED) is 0.848. The van der Waals surface area contributed by atoms with Crippen LogP contribution in [0.1, 0.15) is 18.9 Å². The zero-order valence-electron chi connectivity index (χ0n) is 10.1. The van der Waals surface area contributed by atoms with Crippen molar-refractivity contribution in [2.75, 3.05) is 13.7 Å².